The van der Waals surface area contributed by atoms with Crippen molar-refractivity contribution in [2.75, 3.05) is 28.2 Å². The number of anilines is 3. The van der Waals surface area contributed by atoms with Gasteiger partial charge in [0.05, 0.1) is 5.69 Å². The van der Waals surface area contributed by atoms with Gasteiger partial charge in [-0.15, -0.1) is 0 Å². The smallest absolute Gasteiger partial charge is 0.282 e. The third kappa shape index (κ3) is 4.91. The Labute approximate surface area is 200 Å². The lowest BCUT2D eigenvalue weighted by Gasteiger charge is -2.20. The van der Waals surface area contributed by atoms with Gasteiger partial charge in [0.15, 0.2) is 0 Å². The number of amidine groups is 1. The van der Waals surface area contributed by atoms with Crippen LogP contribution in [0.3, 0.4) is 0 Å². The Kier molecular flexibility index (Phi) is 6.87. The predicted molar refractivity (Wildman–Crippen MR) is 139 cm³/mol. The standard InChI is InChI=1S/C28H28N4O2/c1-4-31(5-2)24-15-11-21(12-16-24)19-26-28(34)32(27(30-26)22-9-7-6-8-10-22)25-17-13-23(14-18-25)29-20(3)33/h6-19H,4-5H2,1-3H3,(H,29,33). The summed E-state index contributed by atoms with van der Waals surface area (Å²) in [6.07, 6.45) is 1.82. The van der Waals surface area contributed by atoms with Crippen molar-refractivity contribution in [1.82, 2.24) is 0 Å². The molecular formula is C28H28N4O2. The Hall–Kier alpha value is -4.19. The number of amides is 2. The highest BCUT2D eigenvalue weighted by molar-refractivity contribution is 6.33. The molecule has 0 fully saturated rings. The molecule has 0 unspecified atom stereocenters. The van der Waals surface area contributed by atoms with Crippen LogP contribution < -0.4 is 15.1 Å². The van der Waals surface area contributed by atoms with Crippen LogP contribution in [0.4, 0.5) is 17.1 Å². The van der Waals surface area contributed by atoms with Crippen LogP contribution in [0, 0.1) is 0 Å². The molecule has 3 aromatic rings. The molecular weight excluding hydrogens is 424 g/mol. The Morgan fingerprint density at radius 3 is 2.18 bits per heavy atom. The second-order valence-electron chi connectivity index (χ2n) is 7.96. The first kappa shape index (κ1) is 23.0. The van der Waals surface area contributed by atoms with Gasteiger partial charge in [-0.1, -0.05) is 42.5 Å². The van der Waals surface area contributed by atoms with Crippen molar-refractivity contribution in [1.29, 1.82) is 0 Å². The quantitative estimate of drug-likeness (QED) is 0.493. The molecule has 0 spiro atoms. The fraction of sp³-hybridized carbons (Fsp3) is 0.179. The second-order valence-corrected chi connectivity index (χ2v) is 7.96. The zero-order valence-corrected chi connectivity index (χ0v) is 19.7. The highest BCUT2D eigenvalue weighted by Gasteiger charge is 2.32. The molecule has 3 aromatic carbocycles. The Morgan fingerprint density at radius 1 is 0.941 bits per heavy atom. The molecule has 0 saturated carbocycles. The molecule has 0 aliphatic carbocycles. The van der Waals surface area contributed by atoms with Gasteiger partial charge in [-0.2, -0.15) is 0 Å². The normalized spacial score (nSPS) is 14.3. The van der Waals surface area contributed by atoms with Crippen LogP contribution in [-0.4, -0.2) is 30.7 Å². The zero-order valence-electron chi connectivity index (χ0n) is 19.7. The van der Waals surface area contributed by atoms with E-state index in [0.717, 1.165) is 29.9 Å². The maximum atomic E-state index is 13.5. The first-order valence-corrected chi connectivity index (χ1v) is 11.4. The summed E-state index contributed by atoms with van der Waals surface area (Å²) in [6.45, 7) is 7.61. The summed E-state index contributed by atoms with van der Waals surface area (Å²) in [7, 11) is 0. The molecule has 1 aliphatic rings. The van der Waals surface area contributed by atoms with E-state index in [9.17, 15) is 9.59 Å². The highest BCUT2D eigenvalue weighted by Crippen LogP contribution is 2.29. The fourth-order valence-electron chi connectivity index (χ4n) is 3.96. The van der Waals surface area contributed by atoms with E-state index in [4.69, 9.17) is 4.99 Å². The van der Waals surface area contributed by atoms with E-state index < -0.39 is 0 Å². The molecule has 1 aliphatic heterocycles. The van der Waals surface area contributed by atoms with Crippen molar-refractivity contribution >= 4 is 40.8 Å². The summed E-state index contributed by atoms with van der Waals surface area (Å²) in [5.74, 6) is 0.233. The Morgan fingerprint density at radius 2 is 1.59 bits per heavy atom. The van der Waals surface area contributed by atoms with Crippen LogP contribution in [0.1, 0.15) is 31.9 Å². The minimum Gasteiger partial charge on any atom is -0.372 e. The number of hydrogen-bond acceptors (Lipinski definition) is 4. The van der Waals surface area contributed by atoms with E-state index in [1.165, 1.54) is 6.92 Å². The average Bonchev–Trinajstić information content (AvgIpc) is 3.17. The number of rotatable bonds is 7. The molecule has 0 aromatic heterocycles. The molecule has 0 bridgehead atoms. The van der Waals surface area contributed by atoms with E-state index in [2.05, 4.69) is 36.2 Å². The van der Waals surface area contributed by atoms with E-state index in [1.807, 2.05) is 60.7 Å². The summed E-state index contributed by atoms with van der Waals surface area (Å²) >= 11 is 0. The van der Waals surface area contributed by atoms with E-state index in [-0.39, 0.29) is 11.8 Å². The molecule has 2 amide bonds. The lowest BCUT2D eigenvalue weighted by molar-refractivity contribution is -0.114. The number of carbonyl (C=O) groups is 2. The monoisotopic (exact) mass is 452 g/mol. The minimum absolute atomic E-state index is 0.145. The van der Waals surface area contributed by atoms with Crippen LogP contribution in [-0.2, 0) is 9.59 Å². The van der Waals surface area contributed by atoms with Crippen molar-refractivity contribution in [3.8, 4) is 0 Å². The van der Waals surface area contributed by atoms with Gasteiger partial charge in [-0.3, -0.25) is 14.5 Å². The van der Waals surface area contributed by atoms with Gasteiger partial charge in [-0.25, -0.2) is 4.99 Å². The summed E-state index contributed by atoms with van der Waals surface area (Å²) in [5.41, 5.74) is 4.65. The first-order chi connectivity index (χ1) is 16.5. The number of benzene rings is 3. The van der Waals surface area contributed by atoms with Crippen LogP contribution in [0.2, 0.25) is 0 Å². The third-order valence-corrected chi connectivity index (χ3v) is 5.66. The minimum atomic E-state index is -0.195. The number of aliphatic imine (C=N–C) groups is 1. The van der Waals surface area contributed by atoms with Gasteiger partial charge in [0.2, 0.25) is 5.91 Å². The fourth-order valence-corrected chi connectivity index (χ4v) is 3.96. The van der Waals surface area contributed by atoms with Gasteiger partial charge in [0, 0.05) is 37.0 Å². The number of carbonyl (C=O) groups excluding carboxylic acids is 2. The summed E-state index contributed by atoms with van der Waals surface area (Å²) < 4.78 is 0. The van der Waals surface area contributed by atoms with Crippen molar-refractivity contribution < 1.29 is 9.59 Å². The third-order valence-electron chi connectivity index (χ3n) is 5.66. The van der Waals surface area contributed by atoms with E-state index >= 15 is 0 Å². The summed E-state index contributed by atoms with van der Waals surface area (Å²) in [5, 5.41) is 2.75. The molecule has 0 saturated heterocycles. The molecule has 172 valence electrons. The SMILES string of the molecule is CCN(CC)c1ccc(C=C2N=C(c3ccccc3)N(c3ccc(NC(C)=O)cc3)C2=O)cc1. The second kappa shape index (κ2) is 10.2. The van der Waals surface area contributed by atoms with Crippen LogP contribution in [0.15, 0.2) is 89.6 Å². The molecule has 0 atom stereocenters. The molecule has 34 heavy (non-hydrogen) atoms. The van der Waals surface area contributed by atoms with Gasteiger partial charge in [0.1, 0.15) is 11.5 Å². The predicted octanol–water partition coefficient (Wildman–Crippen LogP) is 5.33. The van der Waals surface area contributed by atoms with Crippen molar-refractivity contribution in [2.24, 2.45) is 4.99 Å². The van der Waals surface area contributed by atoms with Gasteiger partial charge < -0.3 is 10.2 Å². The maximum Gasteiger partial charge on any atom is 0.282 e. The molecule has 1 heterocycles. The maximum absolute atomic E-state index is 13.5. The Bertz CT molecular complexity index is 1230. The first-order valence-electron chi connectivity index (χ1n) is 11.4. The van der Waals surface area contributed by atoms with Gasteiger partial charge in [0.25, 0.3) is 5.91 Å². The Balaban J connectivity index is 1.69. The van der Waals surface area contributed by atoms with Gasteiger partial charge in [-0.05, 0) is 61.9 Å². The van der Waals surface area contributed by atoms with Crippen molar-refractivity contribution in [3.05, 3.63) is 95.7 Å². The summed E-state index contributed by atoms with van der Waals surface area (Å²) in [6, 6.07) is 25.0. The van der Waals surface area contributed by atoms with E-state index in [0.29, 0.717) is 22.9 Å². The number of nitrogens with one attached hydrogen (secondary N) is 1. The summed E-state index contributed by atoms with van der Waals surface area (Å²) in [4.78, 5) is 33.5. The molecule has 1 N–H and O–H groups in total. The van der Waals surface area contributed by atoms with Crippen LogP contribution >= 0.6 is 0 Å². The lowest BCUT2D eigenvalue weighted by Crippen LogP contribution is -2.32. The number of hydrogen-bond donors (Lipinski definition) is 1. The van der Waals surface area contributed by atoms with Crippen LogP contribution in [0.5, 0.6) is 0 Å². The van der Waals surface area contributed by atoms with Crippen LogP contribution in [0.25, 0.3) is 6.08 Å². The largest absolute Gasteiger partial charge is 0.372 e. The molecule has 0 radical (unpaired) electrons. The van der Waals surface area contributed by atoms with Gasteiger partial charge >= 0.3 is 0 Å². The molecule has 6 nitrogen and oxygen atoms in total. The molecule has 6 heteroatoms. The highest BCUT2D eigenvalue weighted by atomic mass is 16.2. The topological polar surface area (TPSA) is 65.0 Å². The van der Waals surface area contributed by atoms with E-state index in [1.54, 1.807) is 17.0 Å². The van der Waals surface area contributed by atoms with Crippen molar-refractivity contribution in [3.63, 3.8) is 0 Å². The van der Waals surface area contributed by atoms with Crippen molar-refractivity contribution in [2.45, 2.75) is 20.8 Å². The zero-order chi connectivity index (χ0) is 24.1. The molecule has 4 rings (SSSR count). The lowest BCUT2D eigenvalue weighted by atomic mass is 10.1. The average molecular weight is 453 g/mol. The number of nitrogens with zero attached hydrogens (tertiary/aromatic N) is 3.